The summed E-state index contributed by atoms with van der Waals surface area (Å²) in [5, 5.41) is 4.23. The highest BCUT2D eigenvalue weighted by Gasteiger charge is 2.07. The summed E-state index contributed by atoms with van der Waals surface area (Å²) in [5.74, 6) is -0.261. The van der Waals surface area contributed by atoms with Crippen LogP contribution in [0.4, 0.5) is 0 Å². The molecule has 0 bridgehead atoms. The normalized spacial score (nSPS) is 11.0. The van der Waals surface area contributed by atoms with Crippen molar-refractivity contribution in [2.24, 2.45) is 5.10 Å². The van der Waals surface area contributed by atoms with E-state index in [0.29, 0.717) is 0 Å². The van der Waals surface area contributed by atoms with Gasteiger partial charge in [0.2, 0.25) is 0 Å². The molecule has 29 heavy (non-hydrogen) atoms. The quantitative estimate of drug-likeness (QED) is 0.176. The standard InChI is InChI=1S/C23H19BrN2OS2/c1-17(18-12-14-19(24)15-13-18)25-26-22(27)16-23(28-20-8-4-2-5-9-20)29-21-10-6-3-7-11-21/h2-16H,1H3,(H,26,27)/b25-17+. The lowest BCUT2D eigenvalue weighted by atomic mass is 10.1. The molecule has 3 aromatic rings. The van der Waals surface area contributed by atoms with E-state index in [9.17, 15) is 4.79 Å². The maximum Gasteiger partial charge on any atom is 0.265 e. The average molecular weight is 483 g/mol. The molecule has 0 radical (unpaired) electrons. The minimum atomic E-state index is -0.261. The molecule has 3 rings (SSSR count). The number of benzene rings is 3. The molecular weight excluding hydrogens is 464 g/mol. The number of carbonyl (C=O) groups excluding carboxylic acids is 1. The maximum atomic E-state index is 12.5. The fourth-order valence-electron chi connectivity index (χ4n) is 2.32. The second-order valence-corrected chi connectivity index (χ2v) is 9.38. The second-order valence-electron chi connectivity index (χ2n) is 5.97. The molecule has 0 spiro atoms. The van der Waals surface area contributed by atoms with Crippen LogP contribution in [0.15, 0.2) is 115 Å². The summed E-state index contributed by atoms with van der Waals surface area (Å²) in [6.45, 7) is 1.87. The van der Waals surface area contributed by atoms with Gasteiger partial charge in [-0.25, -0.2) is 5.43 Å². The zero-order chi connectivity index (χ0) is 20.5. The van der Waals surface area contributed by atoms with E-state index in [4.69, 9.17) is 0 Å². The Kier molecular flexibility index (Phi) is 8.16. The number of halogens is 1. The van der Waals surface area contributed by atoms with Crippen molar-refractivity contribution < 1.29 is 4.79 Å². The molecule has 146 valence electrons. The molecule has 6 heteroatoms. The summed E-state index contributed by atoms with van der Waals surface area (Å²) >= 11 is 6.52. The highest BCUT2D eigenvalue weighted by Crippen LogP contribution is 2.38. The van der Waals surface area contributed by atoms with Crippen molar-refractivity contribution in [3.05, 3.63) is 105 Å². The van der Waals surface area contributed by atoms with Crippen molar-refractivity contribution in [3.63, 3.8) is 0 Å². The number of nitrogens with zero attached hydrogens (tertiary/aromatic N) is 1. The SMILES string of the molecule is C/C(=N\NC(=O)C=C(Sc1ccccc1)Sc1ccccc1)c1ccc(Br)cc1. The smallest absolute Gasteiger partial charge is 0.265 e. The van der Waals surface area contributed by atoms with Gasteiger partial charge in [-0.1, -0.05) is 88.0 Å². The lowest BCUT2D eigenvalue weighted by Crippen LogP contribution is -2.16. The fraction of sp³-hybridized carbons (Fsp3) is 0.0435. The van der Waals surface area contributed by atoms with Crippen LogP contribution in [0.25, 0.3) is 0 Å². The Morgan fingerprint density at radius 3 is 1.90 bits per heavy atom. The van der Waals surface area contributed by atoms with Crippen LogP contribution in [0, 0.1) is 0 Å². The largest absolute Gasteiger partial charge is 0.268 e. The van der Waals surface area contributed by atoms with Gasteiger partial charge in [-0.05, 0) is 48.9 Å². The minimum Gasteiger partial charge on any atom is -0.268 e. The predicted octanol–water partition coefficient (Wildman–Crippen LogP) is 6.72. The highest BCUT2D eigenvalue weighted by atomic mass is 79.9. The van der Waals surface area contributed by atoms with Gasteiger partial charge in [0, 0.05) is 20.3 Å². The molecule has 0 aliphatic carbocycles. The van der Waals surface area contributed by atoms with Crippen LogP contribution in [0.5, 0.6) is 0 Å². The molecule has 0 aromatic heterocycles. The van der Waals surface area contributed by atoms with E-state index in [1.807, 2.05) is 91.9 Å². The van der Waals surface area contributed by atoms with Crippen LogP contribution >= 0.6 is 39.5 Å². The summed E-state index contributed by atoms with van der Waals surface area (Å²) in [7, 11) is 0. The Balaban J connectivity index is 1.73. The Hall–Kier alpha value is -2.28. The van der Waals surface area contributed by atoms with Crippen LogP contribution in [-0.4, -0.2) is 11.6 Å². The first-order chi connectivity index (χ1) is 14.1. The number of nitrogens with one attached hydrogen (secondary N) is 1. The van der Waals surface area contributed by atoms with Crippen molar-refractivity contribution in [3.8, 4) is 0 Å². The molecule has 3 aromatic carbocycles. The Bertz CT molecular complexity index is 961. The number of hydrogen-bond donors (Lipinski definition) is 1. The summed E-state index contributed by atoms with van der Waals surface area (Å²) in [4.78, 5) is 14.6. The van der Waals surface area contributed by atoms with Gasteiger partial charge in [0.05, 0.1) is 9.95 Å². The first-order valence-corrected chi connectivity index (χ1v) is 11.3. The van der Waals surface area contributed by atoms with Crippen LogP contribution in [0.1, 0.15) is 12.5 Å². The van der Waals surface area contributed by atoms with Crippen LogP contribution in [0.2, 0.25) is 0 Å². The van der Waals surface area contributed by atoms with Gasteiger partial charge in [0.25, 0.3) is 5.91 Å². The predicted molar refractivity (Wildman–Crippen MR) is 127 cm³/mol. The van der Waals surface area contributed by atoms with E-state index in [2.05, 4.69) is 26.5 Å². The van der Waals surface area contributed by atoms with E-state index in [-0.39, 0.29) is 5.91 Å². The third-order valence-corrected chi connectivity index (χ3v) is 6.45. The van der Waals surface area contributed by atoms with Crippen LogP contribution in [-0.2, 0) is 4.79 Å². The third kappa shape index (κ3) is 7.24. The molecular formula is C23H19BrN2OS2. The maximum absolute atomic E-state index is 12.5. The number of hydrazone groups is 1. The molecule has 0 fully saturated rings. The molecule has 0 atom stereocenters. The van der Waals surface area contributed by atoms with Crippen molar-refractivity contribution in [2.45, 2.75) is 16.7 Å². The highest BCUT2D eigenvalue weighted by molar-refractivity contribution is 9.10. The van der Waals surface area contributed by atoms with Gasteiger partial charge < -0.3 is 0 Å². The molecule has 0 saturated carbocycles. The number of thioether (sulfide) groups is 2. The zero-order valence-corrected chi connectivity index (χ0v) is 18.9. The Labute approximate surface area is 187 Å². The van der Waals surface area contributed by atoms with Crippen molar-refractivity contribution in [2.75, 3.05) is 0 Å². The number of carbonyl (C=O) groups is 1. The van der Waals surface area contributed by atoms with Gasteiger partial charge in [-0.15, -0.1) is 0 Å². The van der Waals surface area contributed by atoms with E-state index in [1.165, 1.54) is 0 Å². The Morgan fingerprint density at radius 1 is 0.862 bits per heavy atom. The van der Waals surface area contributed by atoms with Crippen LogP contribution < -0.4 is 5.43 Å². The van der Waals surface area contributed by atoms with Crippen molar-refractivity contribution in [1.29, 1.82) is 0 Å². The van der Waals surface area contributed by atoms with Crippen molar-refractivity contribution in [1.82, 2.24) is 5.43 Å². The second kappa shape index (κ2) is 11.0. The van der Waals surface area contributed by atoms with E-state index >= 15 is 0 Å². The Morgan fingerprint density at radius 2 is 1.38 bits per heavy atom. The van der Waals surface area contributed by atoms with E-state index < -0.39 is 0 Å². The fourth-order valence-corrected chi connectivity index (χ4v) is 4.71. The first kappa shape index (κ1) is 21.4. The molecule has 0 saturated heterocycles. The molecule has 0 unspecified atom stereocenters. The van der Waals surface area contributed by atoms with Gasteiger partial charge in [0.15, 0.2) is 0 Å². The van der Waals surface area contributed by atoms with E-state index in [0.717, 1.165) is 29.8 Å². The van der Waals surface area contributed by atoms with Gasteiger partial charge in [-0.2, -0.15) is 5.10 Å². The molecule has 3 nitrogen and oxygen atoms in total. The topological polar surface area (TPSA) is 41.5 Å². The summed E-state index contributed by atoms with van der Waals surface area (Å²) < 4.78 is 1.87. The van der Waals surface area contributed by atoms with Crippen LogP contribution in [0.3, 0.4) is 0 Å². The number of hydrogen-bond acceptors (Lipinski definition) is 4. The zero-order valence-electron chi connectivity index (χ0n) is 15.7. The van der Waals surface area contributed by atoms with Gasteiger partial charge in [-0.3, -0.25) is 4.79 Å². The summed E-state index contributed by atoms with van der Waals surface area (Å²) in [6.07, 6.45) is 1.59. The summed E-state index contributed by atoms with van der Waals surface area (Å²) in [6, 6.07) is 27.8. The third-order valence-electron chi connectivity index (χ3n) is 3.77. The molecule has 1 N–H and O–H groups in total. The number of amides is 1. The first-order valence-electron chi connectivity index (χ1n) is 8.88. The number of rotatable bonds is 7. The van der Waals surface area contributed by atoms with Gasteiger partial charge >= 0.3 is 0 Å². The molecule has 1 amide bonds. The monoisotopic (exact) mass is 482 g/mol. The van der Waals surface area contributed by atoms with Gasteiger partial charge in [0.1, 0.15) is 0 Å². The lowest BCUT2D eigenvalue weighted by molar-refractivity contribution is -0.116. The molecule has 0 aliphatic heterocycles. The minimum absolute atomic E-state index is 0.261. The van der Waals surface area contributed by atoms with E-state index in [1.54, 1.807) is 29.6 Å². The molecule has 0 aliphatic rings. The average Bonchev–Trinajstić information content (AvgIpc) is 2.74. The molecule has 0 heterocycles. The summed E-state index contributed by atoms with van der Waals surface area (Å²) in [5.41, 5.74) is 4.33. The van der Waals surface area contributed by atoms with Crippen molar-refractivity contribution >= 4 is 51.1 Å². The lowest BCUT2D eigenvalue weighted by Gasteiger charge is -2.07.